The highest BCUT2D eigenvalue weighted by molar-refractivity contribution is 8.13. The summed E-state index contributed by atoms with van der Waals surface area (Å²) in [6, 6.07) is 4.73. The van der Waals surface area contributed by atoms with Crippen molar-refractivity contribution in [1.29, 1.82) is 0 Å². The molecular weight excluding hydrogens is 1570 g/mol. The molecule has 0 amide bonds. The molecule has 0 radical (unpaired) electrons. The number of carbonyl (C=O) groups is 1. The van der Waals surface area contributed by atoms with Gasteiger partial charge in [-0.2, -0.15) is 0 Å². The molecule has 8 fully saturated rings. The molecule has 8 saturated heterocycles. The molecule has 0 saturated carbocycles. The minimum atomic E-state index is -3.92. The predicted octanol–water partition coefficient (Wildman–Crippen LogP) is 7.20. The van der Waals surface area contributed by atoms with E-state index < -0.39 is 170 Å². The maximum absolute atomic E-state index is 12.8. The third-order valence-electron chi connectivity index (χ3n) is 17.4. The van der Waals surface area contributed by atoms with E-state index in [1.807, 2.05) is 20.8 Å². The van der Waals surface area contributed by atoms with Gasteiger partial charge in [0.05, 0.1) is 51.3 Å². The Balaban J connectivity index is 0.000000161. The molecule has 8 aliphatic heterocycles. The zero-order valence-corrected chi connectivity index (χ0v) is 65.5. The molecule has 4 aromatic rings. The average Bonchev–Trinajstić information content (AvgIpc) is 1.61. The molecule has 46 heteroatoms. The lowest BCUT2D eigenvalue weighted by molar-refractivity contribution is -0.113. The first-order valence-corrected chi connectivity index (χ1v) is 41.1. The molecule has 582 valence electrons. The van der Waals surface area contributed by atoms with Gasteiger partial charge in [0.1, 0.15) is 68.3 Å². The molecule has 12 heterocycles. The Morgan fingerprint density at radius 3 is 0.933 bits per heavy atom. The van der Waals surface area contributed by atoms with Crippen LogP contribution in [0.1, 0.15) is 127 Å². The molecule has 0 bridgehead atoms. The first-order chi connectivity index (χ1) is 48.5. The number of rotatable bonds is 18. The molecule has 12 rings (SSSR count). The van der Waals surface area contributed by atoms with Crippen LogP contribution in [0.5, 0.6) is 0 Å². The first kappa shape index (κ1) is 84.2. The highest BCUT2D eigenvalue weighted by Crippen LogP contribution is 2.64. The van der Waals surface area contributed by atoms with Gasteiger partial charge in [0.15, 0.2) is 30.0 Å². The third-order valence-corrected chi connectivity index (χ3v) is 26.3. The second-order valence-electron chi connectivity index (χ2n) is 26.0. The zero-order valence-electron chi connectivity index (χ0n) is 58.1. The topological polar surface area (TPSA) is 452 Å². The van der Waals surface area contributed by atoms with Crippen molar-refractivity contribution < 1.29 is 96.3 Å². The Hall–Kier alpha value is -3.82. The maximum Gasteiger partial charge on any atom is 0.475 e. The summed E-state index contributed by atoms with van der Waals surface area (Å²) < 4.78 is 143. The van der Waals surface area contributed by atoms with Crippen LogP contribution in [0.25, 0.3) is 0 Å². The SMILES string of the molecule is CC(C)C(=O)SCCO[P@]1(=O)OC[C@H]2O[C@@H](n3ccc(=O)[nH]c3=O)[C@](C)(Cl)[C@@H]2O1.CCC(C)OP1(=O)OC[C@H]2O[C@@H](n3ccc(=O)[nH]c3=O)[C@](C)(Cl)[C@@H]2O1.CCC(C)O[P@@]1(=O)OC[C@H]2O[C@@H](n3ccc(=O)[nH]c3=O)[C@](C)(Cl)[C@@H]2O1.CCC(C)O[P@]1(=O)OC[C@H]2O[C@@H](n3ccc(=O)[nH]c3=O)[C@](C)(Cl)[C@@H]2O1. The van der Waals surface area contributed by atoms with Gasteiger partial charge in [-0.1, -0.05) is 46.4 Å². The zero-order chi connectivity index (χ0) is 76.6. The van der Waals surface area contributed by atoms with Gasteiger partial charge in [0.25, 0.3) is 22.2 Å². The third kappa shape index (κ3) is 19.0. The van der Waals surface area contributed by atoms with Gasteiger partial charge in [-0.15, -0.1) is 46.4 Å². The Morgan fingerprint density at radius 2 is 0.702 bits per heavy atom. The van der Waals surface area contributed by atoms with E-state index >= 15 is 0 Å². The summed E-state index contributed by atoms with van der Waals surface area (Å²) >= 11 is 27.6. The minimum Gasteiger partial charge on any atom is -0.347 e. The number of nitrogens with one attached hydrogen (secondary N) is 4. The van der Waals surface area contributed by atoms with Crippen molar-refractivity contribution >= 4 is 94.6 Å². The van der Waals surface area contributed by atoms with E-state index in [-0.39, 0.29) is 62.4 Å². The largest absolute Gasteiger partial charge is 0.475 e. The van der Waals surface area contributed by atoms with Crippen molar-refractivity contribution in [2.24, 2.45) is 5.92 Å². The van der Waals surface area contributed by atoms with Crippen LogP contribution in [0.3, 0.4) is 0 Å². The van der Waals surface area contributed by atoms with E-state index in [1.165, 1.54) is 49.1 Å². The summed E-state index contributed by atoms with van der Waals surface area (Å²) in [7, 11) is -15.3. The number of aromatic amines is 4. The van der Waals surface area contributed by atoms with Gasteiger partial charge in [0, 0.05) is 60.7 Å². The monoisotopic (exact) mass is 1650 g/mol. The van der Waals surface area contributed by atoms with Crippen LogP contribution in [0.4, 0.5) is 0 Å². The average molecular weight is 1650 g/mol. The molecule has 4 unspecified atom stereocenters. The van der Waals surface area contributed by atoms with Gasteiger partial charge in [-0.05, 0) is 67.7 Å². The van der Waals surface area contributed by atoms with Crippen LogP contribution < -0.4 is 45.0 Å². The second-order valence-corrected chi connectivity index (χ2v) is 36.7. The molecule has 0 aliphatic carbocycles. The lowest BCUT2D eigenvalue weighted by Crippen LogP contribution is -2.45. The lowest BCUT2D eigenvalue weighted by atomic mass is 10.0. The number of phosphoric ester groups is 4. The minimum absolute atomic E-state index is 0.00383. The molecular formula is C58H82Cl4N8O29P4S. The summed E-state index contributed by atoms with van der Waals surface area (Å²) in [6.45, 7) is 20.6. The molecule has 4 aromatic heterocycles. The number of alkyl halides is 4. The number of H-pyrrole nitrogens is 4. The Bertz CT molecular complexity index is 4140. The number of nitrogens with zero attached hydrogens (tertiary/aromatic N) is 4. The number of thioether (sulfide) groups is 1. The van der Waals surface area contributed by atoms with Gasteiger partial charge in [0.2, 0.25) is 0 Å². The fourth-order valence-electron chi connectivity index (χ4n) is 11.4. The van der Waals surface area contributed by atoms with Crippen LogP contribution in [0.15, 0.2) is 87.4 Å². The lowest BCUT2D eigenvalue weighted by Gasteiger charge is -2.35. The van der Waals surface area contributed by atoms with Crippen molar-refractivity contribution in [3.05, 3.63) is 132 Å². The summed E-state index contributed by atoms with van der Waals surface area (Å²) in [5, 5.41) is 0.00383. The molecule has 8 aliphatic rings. The molecule has 4 N–H and O–H groups in total. The number of aromatic nitrogens is 8. The van der Waals surface area contributed by atoms with Crippen LogP contribution in [-0.4, -0.2) is 169 Å². The van der Waals surface area contributed by atoms with E-state index in [0.717, 1.165) is 30.0 Å². The van der Waals surface area contributed by atoms with E-state index in [9.17, 15) is 61.4 Å². The van der Waals surface area contributed by atoms with Gasteiger partial charge in [-0.25, -0.2) is 37.4 Å². The number of ether oxygens (including phenoxy) is 4. The van der Waals surface area contributed by atoms with Crippen molar-refractivity contribution in [2.45, 2.75) is 214 Å². The predicted molar refractivity (Wildman–Crippen MR) is 372 cm³/mol. The van der Waals surface area contributed by atoms with Gasteiger partial charge in [-0.3, -0.25) is 116 Å². The van der Waals surface area contributed by atoms with Crippen molar-refractivity contribution in [1.82, 2.24) is 38.2 Å². The van der Waals surface area contributed by atoms with E-state index in [4.69, 9.17) is 120 Å². The maximum atomic E-state index is 12.8. The van der Waals surface area contributed by atoms with Crippen LogP contribution >= 0.6 is 89.5 Å². The highest BCUT2D eigenvalue weighted by Gasteiger charge is 2.64. The fourth-order valence-corrected chi connectivity index (χ4v) is 20.5. The normalized spacial score (nSPS) is 37.8. The number of phosphoric acid groups is 4. The Morgan fingerprint density at radius 1 is 0.462 bits per heavy atom. The second kappa shape index (κ2) is 33.4. The Kier molecular flexibility index (Phi) is 27.0. The summed E-state index contributed by atoms with van der Waals surface area (Å²) in [5.74, 6) is 0.186. The first-order valence-electron chi connectivity index (χ1n) is 32.7. The van der Waals surface area contributed by atoms with Crippen LogP contribution in [-0.2, 0) is 96.3 Å². The number of carbonyl (C=O) groups excluding carboxylic acids is 1. The van der Waals surface area contributed by atoms with Gasteiger partial charge >= 0.3 is 54.0 Å². The smallest absolute Gasteiger partial charge is 0.347 e. The summed E-state index contributed by atoms with van der Waals surface area (Å²) in [6.07, 6.45) is -3.63. The quantitative estimate of drug-likeness (QED) is 0.0434. The van der Waals surface area contributed by atoms with Crippen molar-refractivity contribution in [3.63, 3.8) is 0 Å². The number of halogens is 4. The van der Waals surface area contributed by atoms with Crippen LogP contribution in [0.2, 0.25) is 0 Å². The Labute approximate surface area is 616 Å². The van der Waals surface area contributed by atoms with Crippen molar-refractivity contribution in [2.75, 3.05) is 38.8 Å². The van der Waals surface area contributed by atoms with Gasteiger partial charge < -0.3 is 18.9 Å². The number of hydrogen-bond donors (Lipinski definition) is 4. The summed E-state index contributed by atoms with van der Waals surface area (Å²) in [4.78, 5) is 108. The van der Waals surface area contributed by atoms with E-state index in [2.05, 4.69) is 19.9 Å². The fraction of sp³-hybridized carbons (Fsp3) is 0.707. The molecule has 23 atom stereocenters. The van der Waals surface area contributed by atoms with Crippen molar-refractivity contribution in [3.8, 4) is 0 Å². The van der Waals surface area contributed by atoms with E-state index in [1.54, 1.807) is 62.3 Å². The summed E-state index contributed by atoms with van der Waals surface area (Å²) in [5.41, 5.74) is -4.82. The highest BCUT2D eigenvalue weighted by atomic mass is 35.5. The van der Waals surface area contributed by atoms with E-state index in [0.29, 0.717) is 25.0 Å². The van der Waals surface area contributed by atoms with Crippen LogP contribution in [0, 0.1) is 5.92 Å². The molecule has 0 spiro atoms. The number of hydrogen-bond acceptors (Lipinski definition) is 30. The molecule has 37 nitrogen and oxygen atoms in total. The molecule has 104 heavy (non-hydrogen) atoms. The standard InChI is InChI=1S/C16H22ClN2O8PS.3C14H20ClN2O7P/c1-9(2)13(21)29-7-6-24-28(23)25-8-10-12(27-28)16(3,17)14(26-10)19-5-4-11(20)18-15(19)22;3*1-4-8(2)23-25(20)21-7-9-11(24-25)14(3,15)12(22-9)17-6-5-10(18)16-13(17)19/h4-5,9-10,12,14H,6-8H2,1-3H3,(H,18,20,22);3*5-6,8-9,11-12H,4,7H2,1-3H3,(H,16,18,19)/t10-,12-,14-,16-,28-;8?,9-,11-,12-,14-,25?;8?,9-,11-,12-,14-,25+;8?,9-,11-,12-,14-,25-/m1111/s1. The molecule has 0 aromatic carbocycles. The number of fused-ring (bicyclic) bond motifs is 4.